The first kappa shape index (κ1) is 26.2. The maximum atomic E-state index is 11.1. The van der Waals surface area contributed by atoms with Crippen LogP contribution < -0.4 is 0 Å². The molecule has 2 rings (SSSR count). The molecule has 0 spiro atoms. The summed E-state index contributed by atoms with van der Waals surface area (Å²) in [4.78, 5) is 22.1. The Balaban J connectivity index is 2.46. The molecule has 2 aromatic rings. The zero-order chi connectivity index (χ0) is 24.4. The summed E-state index contributed by atoms with van der Waals surface area (Å²) < 4.78 is 0. The maximum Gasteiger partial charge on any atom is 0.303 e. The van der Waals surface area contributed by atoms with Crippen LogP contribution in [0, 0.1) is 0 Å². The summed E-state index contributed by atoms with van der Waals surface area (Å²) in [5.74, 6) is -1.37. The average molecular weight is 457 g/mol. The summed E-state index contributed by atoms with van der Waals surface area (Å²) in [5.41, 5.74) is 4.59. The van der Waals surface area contributed by atoms with Gasteiger partial charge in [-0.1, -0.05) is 51.0 Å². The van der Waals surface area contributed by atoms with Crippen molar-refractivity contribution in [3.05, 3.63) is 57.6 Å². The standard InChI is InChI=1S/C27H36O6/c1-3-5-7-20-13-18(9-11-24(28)29)15-22(26(20)32)17-23-16-19(10-12-25(30)31)14-21(27(23)33)8-6-4-2/h13-16,32-33H,3-12,17H2,1-2H3,(H,28,29)(H,30,31). The minimum atomic E-state index is -0.871. The van der Waals surface area contributed by atoms with Crippen molar-refractivity contribution in [2.75, 3.05) is 0 Å². The van der Waals surface area contributed by atoms with E-state index >= 15 is 0 Å². The largest absolute Gasteiger partial charge is 0.507 e. The van der Waals surface area contributed by atoms with Gasteiger partial charge in [0.05, 0.1) is 0 Å². The van der Waals surface area contributed by atoms with E-state index in [0.717, 1.165) is 47.9 Å². The predicted molar refractivity (Wildman–Crippen MR) is 128 cm³/mol. The van der Waals surface area contributed by atoms with Crippen LogP contribution in [0.5, 0.6) is 11.5 Å². The molecule has 0 atom stereocenters. The maximum absolute atomic E-state index is 11.1. The van der Waals surface area contributed by atoms with E-state index in [1.807, 2.05) is 24.3 Å². The lowest BCUT2D eigenvalue weighted by atomic mass is 9.91. The minimum Gasteiger partial charge on any atom is -0.507 e. The Kier molecular flexibility index (Phi) is 10.2. The zero-order valence-corrected chi connectivity index (χ0v) is 19.7. The summed E-state index contributed by atoms with van der Waals surface area (Å²) in [5, 5.41) is 40.1. The summed E-state index contributed by atoms with van der Waals surface area (Å²) in [6, 6.07) is 7.41. The third kappa shape index (κ3) is 8.12. The molecule has 6 nitrogen and oxygen atoms in total. The first-order chi connectivity index (χ1) is 15.7. The molecule has 4 N–H and O–H groups in total. The van der Waals surface area contributed by atoms with E-state index in [9.17, 15) is 19.8 Å². The SMILES string of the molecule is CCCCc1cc(CCC(=O)O)cc(Cc2cc(CCC(=O)O)cc(CCCC)c2O)c1O. The summed E-state index contributed by atoms with van der Waals surface area (Å²) in [6.07, 6.45) is 6.20. The van der Waals surface area contributed by atoms with Gasteiger partial charge in [0.1, 0.15) is 11.5 Å². The summed E-state index contributed by atoms with van der Waals surface area (Å²) in [6.45, 7) is 4.15. The van der Waals surface area contributed by atoms with Crippen molar-refractivity contribution in [2.45, 2.75) is 84.5 Å². The Hall–Kier alpha value is -3.02. The number of aryl methyl sites for hydroxylation is 4. The van der Waals surface area contributed by atoms with E-state index in [4.69, 9.17) is 10.2 Å². The number of carbonyl (C=O) groups is 2. The van der Waals surface area contributed by atoms with Gasteiger partial charge in [0.15, 0.2) is 0 Å². The van der Waals surface area contributed by atoms with E-state index in [1.165, 1.54) is 0 Å². The number of phenols is 2. The van der Waals surface area contributed by atoms with E-state index in [2.05, 4.69) is 13.8 Å². The number of benzene rings is 2. The molecule has 0 amide bonds. The topological polar surface area (TPSA) is 115 Å². The first-order valence-corrected chi connectivity index (χ1v) is 11.9. The van der Waals surface area contributed by atoms with Gasteiger partial charge in [-0.05, 0) is 71.9 Å². The van der Waals surface area contributed by atoms with Crippen LogP contribution in [0.25, 0.3) is 0 Å². The van der Waals surface area contributed by atoms with Crippen LogP contribution in [0.3, 0.4) is 0 Å². The monoisotopic (exact) mass is 456 g/mol. The van der Waals surface area contributed by atoms with Crippen LogP contribution in [0.2, 0.25) is 0 Å². The molecule has 0 fully saturated rings. The highest BCUT2D eigenvalue weighted by atomic mass is 16.4. The van der Waals surface area contributed by atoms with Crippen molar-refractivity contribution >= 4 is 11.9 Å². The molecule has 0 aliphatic rings. The molecule has 0 saturated carbocycles. The Morgan fingerprint density at radius 1 is 0.636 bits per heavy atom. The second-order valence-electron chi connectivity index (χ2n) is 8.70. The molecular weight excluding hydrogens is 420 g/mol. The first-order valence-electron chi connectivity index (χ1n) is 11.9. The lowest BCUT2D eigenvalue weighted by Gasteiger charge is -2.16. The van der Waals surface area contributed by atoms with Crippen LogP contribution >= 0.6 is 0 Å². The minimum absolute atomic E-state index is 0.00845. The quantitative estimate of drug-likeness (QED) is 0.302. The van der Waals surface area contributed by atoms with Gasteiger partial charge in [-0.2, -0.15) is 0 Å². The van der Waals surface area contributed by atoms with Crippen molar-refractivity contribution in [1.82, 2.24) is 0 Å². The molecule has 0 unspecified atom stereocenters. The van der Waals surface area contributed by atoms with Crippen molar-refractivity contribution in [3.8, 4) is 11.5 Å². The molecule has 33 heavy (non-hydrogen) atoms. The Morgan fingerprint density at radius 3 is 1.33 bits per heavy atom. The van der Waals surface area contributed by atoms with Gasteiger partial charge < -0.3 is 20.4 Å². The number of hydrogen-bond donors (Lipinski definition) is 4. The molecule has 0 bridgehead atoms. The molecule has 0 radical (unpaired) electrons. The fourth-order valence-electron chi connectivity index (χ4n) is 4.05. The molecule has 0 aliphatic carbocycles. The van der Waals surface area contributed by atoms with Gasteiger partial charge in [-0.3, -0.25) is 9.59 Å². The smallest absolute Gasteiger partial charge is 0.303 e. The summed E-state index contributed by atoms with van der Waals surface area (Å²) in [7, 11) is 0. The van der Waals surface area contributed by atoms with Gasteiger partial charge in [-0.15, -0.1) is 0 Å². The fourth-order valence-corrected chi connectivity index (χ4v) is 4.05. The van der Waals surface area contributed by atoms with Crippen LogP contribution in [-0.4, -0.2) is 32.4 Å². The number of hydrogen-bond acceptors (Lipinski definition) is 4. The Bertz CT molecular complexity index is 886. The number of carboxylic acid groups (broad SMARTS) is 2. The van der Waals surface area contributed by atoms with Crippen molar-refractivity contribution in [1.29, 1.82) is 0 Å². The van der Waals surface area contributed by atoms with E-state index in [0.29, 0.717) is 36.8 Å². The highest BCUT2D eigenvalue weighted by molar-refractivity contribution is 5.67. The third-order valence-corrected chi connectivity index (χ3v) is 5.89. The average Bonchev–Trinajstić information content (AvgIpc) is 2.77. The molecule has 0 aromatic heterocycles. The Morgan fingerprint density at radius 2 is 1.00 bits per heavy atom. The van der Waals surface area contributed by atoms with Gasteiger partial charge in [-0.25, -0.2) is 0 Å². The highest BCUT2D eigenvalue weighted by Gasteiger charge is 2.16. The van der Waals surface area contributed by atoms with Crippen LogP contribution in [0.15, 0.2) is 24.3 Å². The summed E-state index contributed by atoms with van der Waals surface area (Å²) >= 11 is 0. The van der Waals surface area contributed by atoms with Crippen molar-refractivity contribution in [2.24, 2.45) is 0 Å². The van der Waals surface area contributed by atoms with E-state index in [-0.39, 0.29) is 30.8 Å². The van der Waals surface area contributed by atoms with E-state index in [1.54, 1.807) is 0 Å². The number of aromatic hydroxyl groups is 2. The number of aliphatic carboxylic acids is 2. The van der Waals surface area contributed by atoms with E-state index < -0.39 is 11.9 Å². The van der Waals surface area contributed by atoms with Gasteiger partial charge >= 0.3 is 11.9 Å². The van der Waals surface area contributed by atoms with Crippen LogP contribution in [0.1, 0.15) is 85.8 Å². The number of unbranched alkanes of at least 4 members (excludes halogenated alkanes) is 2. The van der Waals surface area contributed by atoms with Gasteiger partial charge in [0.2, 0.25) is 0 Å². The second-order valence-corrected chi connectivity index (χ2v) is 8.70. The van der Waals surface area contributed by atoms with Gasteiger partial charge in [0.25, 0.3) is 0 Å². The second kappa shape index (κ2) is 12.9. The zero-order valence-electron chi connectivity index (χ0n) is 19.7. The van der Waals surface area contributed by atoms with Crippen LogP contribution in [0.4, 0.5) is 0 Å². The lowest BCUT2D eigenvalue weighted by Crippen LogP contribution is -2.03. The lowest BCUT2D eigenvalue weighted by molar-refractivity contribution is -0.138. The van der Waals surface area contributed by atoms with Crippen LogP contribution in [-0.2, 0) is 41.7 Å². The molecule has 180 valence electrons. The Labute approximate surface area is 195 Å². The van der Waals surface area contributed by atoms with Gasteiger partial charge in [0, 0.05) is 19.3 Å². The molecule has 6 heteroatoms. The number of carboxylic acids is 2. The predicted octanol–water partition coefficient (Wildman–Crippen LogP) is 5.41. The highest BCUT2D eigenvalue weighted by Crippen LogP contribution is 2.34. The van der Waals surface area contributed by atoms with Crippen molar-refractivity contribution < 1.29 is 30.0 Å². The molecule has 0 saturated heterocycles. The fraction of sp³-hybridized carbons (Fsp3) is 0.481. The molecule has 0 aliphatic heterocycles. The normalized spacial score (nSPS) is 11.0. The number of rotatable bonds is 14. The van der Waals surface area contributed by atoms with Crippen molar-refractivity contribution in [3.63, 3.8) is 0 Å². The third-order valence-electron chi connectivity index (χ3n) is 5.89. The molecule has 2 aromatic carbocycles. The molecule has 0 heterocycles. The molecular formula is C27H36O6. The number of phenolic OH excluding ortho intramolecular Hbond substituents is 2.